The molecule has 26 heavy (non-hydrogen) atoms. The van der Waals surface area contributed by atoms with Gasteiger partial charge in [0.25, 0.3) is 0 Å². The zero-order valence-corrected chi connectivity index (χ0v) is 16.6. The predicted molar refractivity (Wildman–Crippen MR) is 110 cm³/mol. The van der Waals surface area contributed by atoms with Crippen molar-refractivity contribution < 1.29 is 9.94 Å². The van der Waals surface area contributed by atoms with Crippen molar-refractivity contribution in [3.05, 3.63) is 29.8 Å². The molecule has 0 atom stereocenters. The molecular weight excluding hydrogens is 324 g/mol. The van der Waals surface area contributed by atoms with Crippen LogP contribution in [0, 0.1) is 0 Å². The third kappa shape index (κ3) is 11.8. The van der Waals surface area contributed by atoms with Gasteiger partial charge in [-0.15, -0.1) is 0 Å². The molecule has 0 amide bonds. The van der Waals surface area contributed by atoms with Gasteiger partial charge in [0.2, 0.25) is 0 Å². The molecule has 0 fully saturated rings. The molecule has 1 rings (SSSR count). The highest BCUT2D eigenvalue weighted by atomic mass is 16.5. The first-order valence-electron chi connectivity index (χ1n) is 10.4. The maximum absolute atomic E-state index is 8.58. The zero-order chi connectivity index (χ0) is 18.9. The summed E-state index contributed by atoms with van der Waals surface area (Å²) >= 11 is 0. The van der Waals surface area contributed by atoms with Crippen LogP contribution in [0.3, 0.4) is 0 Å². The normalized spacial score (nSPS) is 11.7. The Morgan fingerprint density at radius 3 is 1.85 bits per heavy atom. The van der Waals surface area contributed by atoms with E-state index in [1.54, 1.807) is 0 Å². The van der Waals surface area contributed by atoms with E-state index in [-0.39, 0.29) is 5.84 Å². The first kappa shape index (κ1) is 22.3. The summed E-state index contributed by atoms with van der Waals surface area (Å²) in [6.07, 6.45) is 16.7. The number of oxime groups is 1. The predicted octanol–water partition coefficient (Wildman–Crippen LogP) is 6.06. The molecule has 1 aromatic rings. The molecule has 0 radical (unpaired) electrons. The number of benzene rings is 1. The largest absolute Gasteiger partial charge is 0.494 e. The second-order valence-electron chi connectivity index (χ2n) is 7.15. The van der Waals surface area contributed by atoms with Crippen LogP contribution in [0.5, 0.6) is 5.75 Å². The van der Waals surface area contributed by atoms with Gasteiger partial charge in [-0.25, -0.2) is 0 Å². The van der Waals surface area contributed by atoms with Gasteiger partial charge in [-0.2, -0.15) is 0 Å². The summed E-state index contributed by atoms with van der Waals surface area (Å²) in [4.78, 5) is 0. The van der Waals surface area contributed by atoms with Crippen LogP contribution in [0.1, 0.15) is 89.5 Å². The van der Waals surface area contributed by atoms with Crippen LogP contribution >= 0.6 is 0 Å². The van der Waals surface area contributed by atoms with E-state index in [1.807, 2.05) is 24.3 Å². The number of hydrogen-bond acceptors (Lipinski definition) is 3. The van der Waals surface area contributed by atoms with Crippen LogP contribution in [0.25, 0.3) is 0 Å². The molecular formula is C22H38N2O2. The quantitative estimate of drug-likeness (QED) is 0.124. The van der Waals surface area contributed by atoms with E-state index >= 15 is 0 Å². The molecule has 0 aliphatic rings. The van der Waals surface area contributed by atoms with E-state index in [0.717, 1.165) is 24.3 Å². The lowest BCUT2D eigenvalue weighted by Gasteiger charge is -2.07. The Labute approximate surface area is 159 Å². The number of unbranched alkanes of at least 4 members (excludes halogenated alkanes) is 11. The van der Waals surface area contributed by atoms with Gasteiger partial charge in [0.15, 0.2) is 0 Å². The lowest BCUT2D eigenvalue weighted by Crippen LogP contribution is -2.14. The monoisotopic (exact) mass is 362 g/mol. The number of nitrogens with two attached hydrogens (primary N) is 1. The minimum atomic E-state index is 0.218. The van der Waals surface area contributed by atoms with E-state index in [0.29, 0.717) is 6.42 Å². The van der Waals surface area contributed by atoms with Crippen molar-refractivity contribution in [3.8, 4) is 5.75 Å². The molecule has 0 heterocycles. The molecule has 4 nitrogen and oxygen atoms in total. The van der Waals surface area contributed by atoms with Crippen LogP contribution in [0.15, 0.2) is 29.4 Å². The summed E-state index contributed by atoms with van der Waals surface area (Å²) in [6.45, 7) is 3.05. The smallest absolute Gasteiger partial charge is 0.143 e. The highest BCUT2D eigenvalue weighted by Gasteiger charge is 1.99. The third-order valence-corrected chi connectivity index (χ3v) is 4.70. The number of rotatable bonds is 16. The average molecular weight is 363 g/mol. The summed E-state index contributed by atoms with van der Waals surface area (Å²) in [6, 6.07) is 7.80. The molecule has 0 saturated heterocycles. The van der Waals surface area contributed by atoms with Crippen LogP contribution in [0.2, 0.25) is 0 Å². The molecule has 3 N–H and O–H groups in total. The van der Waals surface area contributed by atoms with Gasteiger partial charge in [0.05, 0.1) is 6.61 Å². The van der Waals surface area contributed by atoms with Gasteiger partial charge in [-0.1, -0.05) is 94.8 Å². The maximum atomic E-state index is 8.58. The summed E-state index contributed by atoms with van der Waals surface area (Å²) in [5.41, 5.74) is 6.51. The van der Waals surface area contributed by atoms with Gasteiger partial charge >= 0.3 is 0 Å². The molecule has 4 heteroatoms. The first-order valence-corrected chi connectivity index (χ1v) is 10.4. The summed E-state index contributed by atoms with van der Waals surface area (Å²) < 4.78 is 5.77. The highest BCUT2D eigenvalue weighted by Crippen LogP contribution is 2.14. The molecule has 0 aliphatic heterocycles. The highest BCUT2D eigenvalue weighted by molar-refractivity contribution is 5.82. The van der Waals surface area contributed by atoms with E-state index < -0.39 is 0 Å². The number of amidine groups is 1. The summed E-state index contributed by atoms with van der Waals surface area (Å²) in [5, 5.41) is 11.6. The standard InChI is InChI=1S/C22H38N2O2/c1-2-3-4-5-6-7-8-9-10-11-12-13-18-26-21-16-14-20(15-17-21)19-22(23)24-25/h14-17,25H,2-13,18-19H2,1H3,(H2,23,24). The third-order valence-electron chi connectivity index (χ3n) is 4.70. The Kier molecular flexibility index (Phi) is 13.3. The van der Waals surface area contributed by atoms with E-state index in [1.165, 1.54) is 70.6 Å². The summed E-state index contributed by atoms with van der Waals surface area (Å²) in [7, 11) is 0. The van der Waals surface area contributed by atoms with E-state index in [9.17, 15) is 0 Å². The van der Waals surface area contributed by atoms with Crippen molar-refractivity contribution in [1.82, 2.24) is 0 Å². The molecule has 0 aliphatic carbocycles. The number of ether oxygens (including phenoxy) is 1. The Balaban J connectivity index is 1.93. The fourth-order valence-electron chi connectivity index (χ4n) is 3.08. The minimum Gasteiger partial charge on any atom is -0.494 e. The number of hydrogen-bond donors (Lipinski definition) is 2. The Morgan fingerprint density at radius 1 is 0.846 bits per heavy atom. The van der Waals surface area contributed by atoms with Crippen molar-refractivity contribution in [2.24, 2.45) is 10.9 Å². The zero-order valence-electron chi connectivity index (χ0n) is 16.6. The molecule has 0 saturated carbocycles. The molecule has 1 aromatic carbocycles. The Bertz CT molecular complexity index is 472. The van der Waals surface area contributed by atoms with Gasteiger partial charge in [-0.05, 0) is 24.1 Å². The van der Waals surface area contributed by atoms with Crippen molar-refractivity contribution in [2.45, 2.75) is 90.4 Å². The van der Waals surface area contributed by atoms with Crippen molar-refractivity contribution in [3.63, 3.8) is 0 Å². The van der Waals surface area contributed by atoms with Crippen LogP contribution in [-0.2, 0) is 6.42 Å². The van der Waals surface area contributed by atoms with E-state index in [2.05, 4.69) is 12.1 Å². The van der Waals surface area contributed by atoms with Crippen LogP contribution < -0.4 is 10.5 Å². The second kappa shape index (κ2) is 15.5. The van der Waals surface area contributed by atoms with Gasteiger partial charge in [0.1, 0.15) is 11.6 Å². The molecule has 0 bridgehead atoms. The molecule has 0 spiro atoms. The van der Waals surface area contributed by atoms with Crippen molar-refractivity contribution >= 4 is 5.84 Å². The minimum absolute atomic E-state index is 0.218. The fourth-order valence-corrected chi connectivity index (χ4v) is 3.08. The first-order chi connectivity index (χ1) is 12.8. The molecule has 0 aromatic heterocycles. The van der Waals surface area contributed by atoms with E-state index in [4.69, 9.17) is 15.7 Å². The maximum Gasteiger partial charge on any atom is 0.143 e. The number of nitrogens with zero attached hydrogens (tertiary/aromatic N) is 1. The SMILES string of the molecule is CCCCCCCCCCCCCCOc1ccc(CC(N)=NO)cc1. The van der Waals surface area contributed by atoms with Gasteiger partial charge < -0.3 is 15.7 Å². The second-order valence-corrected chi connectivity index (χ2v) is 7.15. The molecule has 148 valence electrons. The van der Waals surface area contributed by atoms with Crippen molar-refractivity contribution in [1.29, 1.82) is 0 Å². The van der Waals surface area contributed by atoms with Crippen LogP contribution in [0.4, 0.5) is 0 Å². The topological polar surface area (TPSA) is 67.8 Å². The van der Waals surface area contributed by atoms with Gasteiger partial charge in [0, 0.05) is 6.42 Å². The van der Waals surface area contributed by atoms with Crippen LogP contribution in [-0.4, -0.2) is 17.6 Å². The Morgan fingerprint density at radius 2 is 1.35 bits per heavy atom. The van der Waals surface area contributed by atoms with Gasteiger partial charge in [-0.3, -0.25) is 0 Å². The molecule has 0 unspecified atom stereocenters. The average Bonchev–Trinajstić information content (AvgIpc) is 2.66. The Hall–Kier alpha value is -1.71. The van der Waals surface area contributed by atoms with Crippen molar-refractivity contribution in [2.75, 3.05) is 6.61 Å². The lowest BCUT2D eigenvalue weighted by molar-refractivity contribution is 0.304. The summed E-state index contributed by atoms with van der Waals surface area (Å²) in [5.74, 6) is 1.10. The fraction of sp³-hybridized carbons (Fsp3) is 0.682. The lowest BCUT2D eigenvalue weighted by atomic mass is 10.1.